The van der Waals surface area contributed by atoms with Crippen LogP contribution in [0.1, 0.15) is 29.0 Å². The van der Waals surface area contributed by atoms with E-state index in [0.29, 0.717) is 12.4 Å². The highest BCUT2D eigenvalue weighted by Crippen LogP contribution is 2.24. The second-order valence-corrected chi connectivity index (χ2v) is 8.52. The maximum Gasteiger partial charge on any atom is 0.254 e. The molecule has 146 valence electrons. The first-order valence-corrected chi connectivity index (χ1v) is 10.4. The first-order chi connectivity index (χ1) is 12.9. The molecule has 1 aromatic heterocycles. The Morgan fingerprint density at radius 1 is 1.37 bits per heavy atom. The van der Waals surface area contributed by atoms with Crippen LogP contribution in [0.4, 0.5) is 0 Å². The molecule has 1 fully saturated rings. The Kier molecular flexibility index (Phi) is 6.21. The number of furan rings is 1. The Bertz CT molecular complexity index is 892. The molecule has 1 aliphatic heterocycles. The molecule has 1 N–H and O–H groups in total. The molecule has 1 unspecified atom stereocenters. The van der Waals surface area contributed by atoms with Crippen molar-refractivity contribution in [2.45, 2.75) is 30.4 Å². The van der Waals surface area contributed by atoms with E-state index in [4.69, 9.17) is 20.8 Å². The molecule has 2 aromatic rings. The molecule has 1 aromatic carbocycles. The standard InChI is InChI=1S/C18H21ClN2O5S/c1-21(12-15-5-3-9-26-15)18(22)13-6-7-16(19)17(10-13)27(23,24)20-11-14-4-2-8-25-14/h3,5-7,9-10,14,20H,2,4,8,11-12H2,1H3. The first kappa shape index (κ1) is 19.9. The number of halogens is 1. The molecule has 0 aliphatic carbocycles. The number of ether oxygens (including phenoxy) is 1. The van der Waals surface area contributed by atoms with Gasteiger partial charge in [0.1, 0.15) is 10.7 Å². The van der Waals surface area contributed by atoms with Crippen LogP contribution in [0.25, 0.3) is 0 Å². The van der Waals surface area contributed by atoms with Crippen molar-refractivity contribution in [1.82, 2.24) is 9.62 Å². The topological polar surface area (TPSA) is 88.9 Å². The van der Waals surface area contributed by atoms with Crippen molar-refractivity contribution < 1.29 is 22.4 Å². The minimum Gasteiger partial charge on any atom is -0.467 e. The van der Waals surface area contributed by atoms with Crippen molar-refractivity contribution in [1.29, 1.82) is 0 Å². The van der Waals surface area contributed by atoms with Crippen LogP contribution in [0.2, 0.25) is 5.02 Å². The summed E-state index contributed by atoms with van der Waals surface area (Å²) in [7, 11) is -2.25. The number of hydrogen-bond acceptors (Lipinski definition) is 5. The third kappa shape index (κ3) is 4.90. The molecule has 0 bridgehead atoms. The minimum absolute atomic E-state index is 0.0556. The SMILES string of the molecule is CN(Cc1ccco1)C(=O)c1ccc(Cl)c(S(=O)(=O)NCC2CCCO2)c1. The Morgan fingerprint density at radius 2 is 2.19 bits per heavy atom. The Labute approximate surface area is 163 Å². The van der Waals surface area contributed by atoms with Crippen LogP contribution in [0.15, 0.2) is 45.9 Å². The molecule has 1 atom stereocenters. The quantitative estimate of drug-likeness (QED) is 0.755. The van der Waals surface area contributed by atoms with Crippen LogP contribution in [0.3, 0.4) is 0 Å². The summed E-state index contributed by atoms with van der Waals surface area (Å²) >= 11 is 6.09. The summed E-state index contributed by atoms with van der Waals surface area (Å²) in [5, 5.41) is 0.0556. The lowest BCUT2D eigenvalue weighted by atomic mass is 10.2. The fourth-order valence-electron chi connectivity index (χ4n) is 2.86. The van der Waals surface area contributed by atoms with Gasteiger partial charge in [0.25, 0.3) is 5.91 Å². The van der Waals surface area contributed by atoms with Crippen molar-refractivity contribution in [3.63, 3.8) is 0 Å². The number of benzene rings is 1. The Balaban J connectivity index is 1.75. The maximum absolute atomic E-state index is 12.6. The highest BCUT2D eigenvalue weighted by atomic mass is 35.5. The molecule has 9 heteroatoms. The number of carbonyl (C=O) groups is 1. The summed E-state index contributed by atoms with van der Waals surface area (Å²) in [6.45, 7) is 1.09. The van der Waals surface area contributed by atoms with Crippen molar-refractivity contribution in [2.75, 3.05) is 20.2 Å². The first-order valence-electron chi connectivity index (χ1n) is 8.55. The zero-order valence-corrected chi connectivity index (χ0v) is 16.4. The largest absolute Gasteiger partial charge is 0.467 e. The van der Waals surface area contributed by atoms with Gasteiger partial charge < -0.3 is 14.1 Å². The second-order valence-electron chi connectivity index (χ2n) is 6.37. The second kappa shape index (κ2) is 8.43. The highest BCUT2D eigenvalue weighted by Gasteiger charge is 2.24. The summed E-state index contributed by atoms with van der Waals surface area (Å²) in [6, 6.07) is 7.70. The van der Waals surface area contributed by atoms with E-state index >= 15 is 0 Å². The molecule has 7 nitrogen and oxygen atoms in total. The third-order valence-corrected chi connectivity index (χ3v) is 6.22. The highest BCUT2D eigenvalue weighted by molar-refractivity contribution is 7.89. The van der Waals surface area contributed by atoms with Crippen LogP contribution in [0, 0.1) is 0 Å². The van der Waals surface area contributed by atoms with Gasteiger partial charge in [-0.25, -0.2) is 13.1 Å². The predicted octanol–water partition coefficient (Wildman–Crippen LogP) is 2.66. The van der Waals surface area contributed by atoms with Crippen LogP contribution in [-0.4, -0.2) is 45.5 Å². The van der Waals surface area contributed by atoms with Gasteiger partial charge in [-0.1, -0.05) is 11.6 Å². The van der Waals surface area contributed by atoms with Gasteiger partial charge in [-0.3, -0.25) is 4.79 Å². The fraction of sp³-hybridized carbons (Fsp3) is 0.389. The summed E-state index contributed by atoms with van der Waals surface area (Å²) in [4.78, 5) is 14.0. The number of nitrogens with one attached hydrogen (secondary N) is 1. The van der Waals surface area contributed by atoms with Crippen molar-refractivity contribution in [3.05, 3.63) is 52.9 Å². The number of rotatable bonds is 7. The van der Waals surface area contributed by atoms with Crippen molar-refractivity contribution >= 4 is 27.5 Å². The van der Waals surface area contributed by atoms with E-state index in [0.717, 1.165) is 12.8 Å². The zero-order valence-electron chi connectivity index (χ0n) is 14.9. The average molecular weight is 413 g/mol. The molecule has 2 heterocycles. The van der Waals surface area contributed by atoms with Gasteiger partial charge >= 0.3 is 0 Å². The molecular weight excluding hydrogens is 392 g/mol. The van der Waals surface area contributed by atoms with Gasteiger partial charge in [0, 0.05) is 25.8 Å². The molecule has 1 saturated heterocycles. The maximum atomic E-state index is 12.6. The zero-order chi connectivity index (χ0) is 19.4. The predicted molar refractivity (Wildman–Crippen MR) is 100 cm³/mol. The van der Waals surface area contributed by atoms with E-state index in [9.17, 15) is 13.2 Å². The minimum atomic E-state index is -3.86. The summed E-state index contributed by atoms with van der Waals surface area (Å²) < 4.78 is 38.4. The number of nitrogens with zero attached hydrogens (tertiary/aromatic N) is 1. The number of sulfonamides is 1. The van der Waals surface area contributed by atoms with Gasteiger partial charge in [-0.15, -0.1) is 0 Å². The number of hydrogen-bond donors (Lipinski definition) is 1. The van der Waals surface area contributed by atoms with E-state index in [2.05, 4.69) is 4.72 Å². The lowest BCUT2D eigenvalue weighted by Gasteiger charge is -2.17. The van der Waals surface area contributed by atoms with Gasteiger partial charge in [0.15, 0.2) is 0 Å². The fourth-order valence-corrected chi connectivity index (χ4v) is 4.45. The lowest BCUT2D eigenvalue weighted by Crippen LogP contribution is -2.32. The average Bonchev–Trinajstić information content (AvgIpc) is 3.33. The van der Waals surface area contributed by atoms with Crippen LogP contribution in [-0.2, 0) is 21.3 Å². The summed E-state index contributed by atoms with van der Waals surface area (Å²) in [6.07, 6.45) is 3.12. The van der Waals surface area contributed by atoms with Crippen molar-refractivity contribution in [2.24, 2.45) is 0 Å². The van der Waals surface area contributed by atoms with E-state index < -0.39 is 10.0 Å². The molecule has 0 radical (unpaired) electrons. The van der Waals surface area contributed by atoms with E-state index in [1.54, 1.807) is 19.2 Å². The van der Waals surface area contributed by atoms with Gasteiger partial charge in [-0.2, -0.15) is 0 Å². The Hall–Kier alpha value is -1.87. The van der Waals surface area contributed by atoms with Crippen LogP contribution in [0.5, 0.6) is 0 Å². The smallest absolute Gasteiger partial charge is 0.254 e. The van der Waals surface area contributed by atoms with Crippen LogP contribution >= 0.6 is 11.6 Å². The van der Waals surface area contributed by atoms with Gasteiger partial charge in [0.2, 0.25) is 10.0 Å². The number of carbonyl (C=O) groups excluding carboxylic acids is 1. The summed E-state index contributed by atoms with van der Waals surface area (Å²) in [5.74, 6) is 0.296. The normalized spacial score (nSPS) is 17.2. The van der Waals surface area contributed by atoms with E-state index in [-0.39, 0.29) is 40.6 Å². The lowest BCUT2D eigenvalue weighted by molar-refractivity contribution is 0.0775. The van der Waals surface area contributed by atoms with Gasteiger partial charge in [0.05, 0.1) is 23.9 Å². The van der Waals surface area contributed by atoms with Crippen LogP contribution < -0.4 is 4.72 Å². The van der Waals surface area contributed by atoms with E-state index in [1.807, 2.05) is 0 Å². The Morgan fingerprint density at radius 3 is 2.85 bits per heavy atom. The monoisotopic (exact) mass is 412 g/mol. The molecule has 1 amide bonds. The summed E-state index contributed by atoms with van der Waals surface area (Å²) in [5.41, 5.74) is 0.228. The molecule has 27 heavy (non-hydrogen) atoms. The van der Waals surface area contributed by atoms with Gasteiger partial charge in [-0.05, 0) is 43.2 Å². The third-order valence-electron chi connectivity index (χ3n) is 4.31. The molecule has 0 saturated carbocycles. The van der Waals surface area contributed by atoms with Crippen molar-refractivity contribution in [3.8, 4) is 0 Å². The van der Waals surface area contributed by atoms with E-state index in [1.165, 1.54) is 29.4 Å². The molecule has 0 spiro atoms. The number of amides is 1. The molecule has 3 rings (SSSR count). The molecular formula is C18H21ClN2O5S. The molecule has 1 aliphatic rings.